The Morgan fingerprint density at radius 1 is 1.10 bits per heavy atom. The molecule has 1 N–H and O–H groups in total. The second-order valence-corrected chi connectivity index (χ2v) is 8.10. The minimum absolute atomic E-state index is 0. The molecule has 0 radical (unpaired) electrons. The second kappa shape index (κ2) is 9.49. The third-order valence-corrected chi connectivity index (χ3v) is 6.54. The maximum Gasteiger partial charge on any atom is 0.316 e. The van der Waals surface area contributed by atoms with Crippen molar-refractivity contribution >= 4 is 22.6 Å². The first-order valence-corrected chi connectivity index (χ1v) is 10.8. The van der Waals surface area contributed by atoms with Gasteiger partial charge in [0.15, 0.2) is 18.0 Å². The van der Waals surface area contributed by atoms with Crippen LogP contribution in [0.2, 0.25) is 0 Å². The molecule has 0 saturated heterocycles. The van der Waals surface area contributed by atoms with E-state index in [-0.39, 0.29) is 17.0 Å². The normalized spacial score (nSPS) is 20.5. The van der Waals surface area contributed by atoms with Crippen LogP contribution in [0.3, 0.4) is 0 Å². The van der Waals surface area contributed by atoms with E-state index in [9.17, 15) is 5.11 Å². The molecule has 0 aromatic heterocycles. The lowest BCUT2D eigenvalue weighted by atomic mass is 10.0. The highest BCUT2D eigenvalue weighted by Gasteiger charge is 2.53. The molecular weight excluding hydrogens is 468 g/mol. The minimum atomic E-state index is -1.12. The highest BCUT2D eigenvalue weighted by atomic mass is 79.9. The third kappa shape index (κ3) is 4.00. The Hall–Kier alpha value is -1.90. The van der Waals surface area contributed by atoms with Gasteiger partial charge in [0.05, 0.1) is 27.4 Å². The van der Waals surface area contributed by atoms with Gasteiger partial charge < -0.3 is 36.3 Å². The van der Waals surface area contributed by atoms with Crippen molar-refractivity contribution in [2.45, 2.75) is 19.1 Å². The van der Waals surface area contributed by atoms with E-state index < -0.39 is 5.72 Å². The SMILES string of the molecule is CCOc1ccc(C2(O)CN(c3cc(OC)ccc3OC)C3=[N+]2CCCS3)cc1.[Br-]. The lowest BCUT2D eigenvalue weighted by molar-refractivity contribution is -0.656. The standard InChI is InChI=1S/C22H27N2O4S.BrH/c1-4-28-17-8-6-16(7-9-17)22(25)15-23(21-24(22)12-5-13-29-21)19-14-18(26-2)10-11-20(19)27-3;/h6-11,14,25H,4-5,12-13,15H2,1-3H3;1H/q+1;/p-1. The van der Waals surface area contributed by atoms with Crippen molar-refractivity contribution in [3.05, 3.63) is 48.0 Å². The quantitative estimate of drug-likeness (QED) is 0.582. The Morgan fingerprint density at radius 2 is 1.83 bits per heavy atom. The van der Waals surface area contributed by atoms with Gasteiger partial charge >= 0.3 is 5.17 Å². The number of hydrogen-bond acceptors (Lipinski definition) is 6. The topological polar surface area (TPSA) is 54.2 Å². The Morgan fingerprint density at radius 3 is 2.50 bits per heavy atom. The van der Waals surface area contributed by atoms with Gasteiger partial charge in [0.2, 0.25) is 0 Å². The summed E-state index contributed by atoms with van der Waals surface area (Å²) >= 11 is 1.77. The molecule has 0 amide bonds. The zero-order chi connectivity index (χ0) is 20.4. The molecule has 1 unspecified atom stereocenters. The Bertz CT molecular complexity index is 922. The number of β-amino-alcohol motifs (C(OH)–C–C–N with tert-alkyl or cyclic N) is 1. The molecular formula is C22H27BrN2O4S. The van der Waals surface area contributed by atoms with Gasteiger partial charge in [-0.3, -0.25) is 0 Å². The number of halogens is 1. The highest BCUT2D eigenvalue weighted by Crippen LogP contribution is 2.42. The fraction of sp³-hybridized carbons (Fsp3) is 0.409. The van der Waals surface area contributed by atoms with E-state index in [0.29, 0.717) is 13.2 Å². The number of anilines is 1. The summed E-state index contributed by atoms with van der Waals surface area (Å²) in [6.45, 7) is 3.79. The van der Waals surface area contributed by atoms with Crippen molar-refractivity contribution in [1.82, 2.24) is 0 Å². The molecule has 2 heterocycles. The lowest BCUT2D eigenvalue weighted by Gasteiger charge is -2.24. The smallest absolute Gasteiger partial charge is 0.316 e. The van der Waals surface area contributed by atoms with Gasteiger partial charge in [0.25, 0.3) is 5.72 Å². The summed E-state index contributed by atoms with van der Waals surface area (Å²) in [5.41, 5.74) is 0.620. The monoisotopic (exact) mass is 494 g/mol. The number of methoxy groups -OCH3 is 2. The summed E-state index contributed by atoms with van der Waals surface area (Å²) in [7, 11) is 3.32. The Balaban J connectivity index is 0.00000256. The van der Waals surface area contributed by atoms with Crippen molar-refractivity contribution in [1.29, 1.82) is 0 Å². The van der Waals surface area contributed by atoms with E-state index in [1.54, 1.807) is 26.0 Å². The first-order chi connectivity index (χ1) is 14.1. The molecule has 2 aliphatic rings. The predicted octanol–water partition coefficient (Wildman–Crippen LogP) is 0.277. The summed E-state index contributed by atoms with van der Waals surface area (Å²) in [4.78, 5) is 2.14. The zero-order valence-corrected chi connectivity index (χ0v) is 19.8. The average Bonchev–Trinajstić information content (AvgIpc) is 3.08. The number of rotatable bonds is 6. The molecule has 2 aromatic rings. The molecule has 0 bridgehead atoms. The molecule has 2 aromatic carbocycles. The number of hydrogen-bond donors (Lipinski definition) is 1. The number of benzene rings is 2. The van der Waals surface area contributed by atoms with Crippen molar-refractivity contribution in [3.8, 4) is 17.2 Å². The molecule has 0 aliphatic carbocycles. The van der Waals surface area contributed by atoms with E-state index in [4.69, 9.17) is 14.2 Å². The maximum atomic E-state index is 11.8. The van der Waals surface area contributed by atoms with Gasteiger partial charge in [0.1, 0.15) is 11.5 Å². The molecule has 162 valence electrons. The van der Waals surface area contributed by atoms with Crippen LogP contribution in [0.15, 0.2) is 42.5 Å². The van der Waals surface area contributed by atoms with Crippen molar-refractivity contribution < 1.29 is 40.9 Å². The van der Waals surface area contributed by atoms with Crippen LogP contribution in [0.4, 0.5) is 5.69 Å². The van der Waals surface area contributed by atoms with Crippen LogP contribution in [0.5, 0.6) is 17.2 Å². The number of ether oxygens (including phenoxy) is 3. The van der Waals surface area contributed by atoms with Crippen LogP contribution in [-0.2, 0) is 5.72 Å². The number of nitrogens with zero attached hydrogens (tertiary/aromatic N) is 2. The number of aliphatic hydroxyl groups is 1. The molecule has 0 spiro atoms. The minimum Gasteiger partial charge on any atom is -1.00 e. The van der Waals surface area contributed by atoms with Crippen LogP contribution in [0.1, 0.15) is 18.9 Å². The Labute approximate surface area is 192 Å². The lowest BCUT2D eigenvalue weighted by Crippen LogP contribution is -3.00. The van der Waals surface area contributed by atoms with E-state index in [2.05, 4.69) is 9.48 Å². The van der Waals surface area contributed by atoms with Gasteiger partial charge in [-0.25, -0.2) is 9.48 Å². The molecule has 8 heteroatoms. The fourth-order valence-corrected chi connectivity index (χ4v) is 5.10. The van der Waals surface area contributed by atoms with Crippen molar-refractivity contribution in [2.75, 3.05) is 44.6 Å². The fourth-order valence-electron chi connectivity index (χ4n) is 3.93. The molecule has 6 nitrogen and oxygen atoms in total. The first kappa shape index (κ1) is 22.8. The summed E-state index contributed by atoms with van der Waals surface area (Å²) in [6.07, 6.45) is 1.02. The van der Waals surface area contributed by atoms with Gasteiger partial charge in [-0.2, -0.15) is 0 Å². The van der Waals surface area contributed by atoms with E-state index >= 15 is 0 Å². The van der Waals surface area contributed by atoms with Crippen LogP contribution < -0.4 is 36.1 Å². The summed E-state index contributed by atoms with van der Waals surface area (Å²) < 4.78 is 18.7. The maximum absolute atomic E-state index is 11.8. The molecule has 0 saturated carbocycles. The molecule has 4 rings (SSSR count). The number of amidine groups is 1. The highest BCUT2D eigenvalue weighted by molar-refractivity contribution is 8.13. The molecule has 30 heavy (non-hydrogen) atoms. The zero-order valence-electron chi connectivity index (χ0n) is 17.4. The van der Waals surface area contributed by atoms with Crippen LogP contribution >= 0.6 is 11.8 Å². The summed E-state index contributed by atoms with van der Waals surface area (Å²) in [5.74, 6) is 3.33. The van der Waals surface area contributed by atoms with E-state index in [1.807, 2.05) is 49.4 Å². The van der Waals surface area contributed by atoms with Gasteiger partial charge in [-0.1, -0.05) is 0 Å². The van der Waals surface area contributed by atoms with Gasteiger partial charge in [-0.05, 0) is 61.5 Å². The number of thioether (sulfide) groups is 1. The summed E-state index contributed by atoms with van der Waals surface area (Å²) in [6, 6.07) is 13.5. The van der Waals surface area contributed by atoms with Crippen molar-refractivity contribution in [3.63, 3.8) is 0 Å². The average molecular weight is 495 g/mol. The largest absolute Gasteiger partial charge is 1.00 e. The van der Waals surface area contributed by atoms with Gasteiger partial charge in [-0.15, -0.1) is 0 Å². The third-order valence-electron chi connectivity index (χ3n) is 5.35. The second-order valence-electron chi connectivity index (χ2n) is 7.03. The van der Waals surface area contributed by atoms with Crippen molar-refractivity contribution in [2.24, 2.45) is 0 Å². The van der Waals surface area contributed by atoms with Crippen LogP contribution in [0.25, 0.3) is 0 Å². The Kier molecular flexibility index (Phi) is 7.21. The molecule has 0 fully saturated rings. The van der Waals surface area contributed by atoms with E-state index in [1.165, 1.54) is 0 Å². The first-order valence-electron chi connectivity index (χ1n) is 9.83. The molecule has 1 atom stereocenters. The molecule has 2 aliphatic heterocycles. The van der Waals surface area contributed by atoms with Gasteiger partial charge in [0, 0.05) is 17.4 Å². The predicted molar refractivity (Wildman–Crippen MR) is 116 cm³/mol. The van der Waals surface area contributed by atoms with E-state index in [0.717, 1.165) is 52.4 Å². The summed E-state index contributed by atoms with van der Waals surface area (Å²) in [5, 5.41) is 12.9. The van der Waals surface area contributed by atoms with Crippen LogP contribution in [0, 0.1) is 0 Å². The van der Waals surface area contributed by atoms with Crippen LogP contribution in [-0.4, -0.2) is 54.5 Å².